The van der Waals surface area contributed by atoms with Crippen LogP contribution in [0.1, 0.15) is 11.1 Å². The molecule has 0 aliphatic rings. The first kappa shape index (κ1) is 15.2. The van der Waals surface area contributed by atoms with Crippen molar-refractivity contribution >= 4 is 21.8 Å². The van der Waals surface area contributed by atoms with Crippen molar-refractivity contribution in [2.45, 2.75) is 6.61 Å². The summed E-state index contributed by atoms with van der Waals surface area (Å²) in [7, 11) is 0. The molecule has 2 rings (SSSR count). The Morgan fingerprint density at radius 2 is 2.05 bits per heavy atom. The third-order valence-electron chi connectivity index (χ3n) is 2.74. The summed E-state index contributed by atoms with van der Waals surface area (Å²) < 4.78 is 33.0. The van der Waals surface area contributed by atoms with Gasteiger partial charge in [-0.25, -0.2) is 8.78 Å². The van der Waals surface area contributed by atoms with Gasteiger partial charge < -0.3 is 15.7 Å². The lowest BCUT2D eigenvalue weighted by atomic mass is 10.1. The van der Waals surface area contributed by atoms with Gasteiger partial charge in [-0.3, -0.25) is 0 Å². The maximum absolute atomic E-state index is 14.2. The molecule has 0 heterocycles. The minimum absolute atomic E-state index is 0.0169. The fraction of sp³-hybridized carbons (Fsp3) is 0.0714. The van der Waals surface area contributed by atoms with Crippen LogP contribution in [0, 0.1) is 11.6 Å². The van der Waals surface area contributed by atoms with Gasteiger partial charge in [0.25, 0.3) is 0 Å². The van der Waals surface area contributed by atoms with Gasteiger partial charge in [0, 0.05) is 5.56 Å². The normalized spacial score (nSPS) is 11.5. The number of nitrogens with two attached hydrogens (primary N) is 1. The first-order chi connectivity index (χ1) is 10.0. The molecular weight excluding hydrogens is 346 g/mol. The molecule has 0 atom stereocenters. The van der Waals surface area contributed by atoms with Gasteiger partial charge in [-0.15, -0.1) is 0 Å². The Morgan fingerprint density at radius 3 is 2.71 bits per heavy atom. The molecule has 4 nitrogen and oxygen atoms in total. The average molecular weight is 357 g/mol. The number of halogens is 3. The van der Waals surface area contributed by atoms with Crippen LogP contribution in [0.15, 0.2) is 46.0 Å². The van der Waals surface area contributed by atoms with E-state index >= 15 is 0 Å². The van der Waals surface area contributed by atoms with Crippen LogP contribution in [0.2, 0.25) is 0 Å². The molecule has 0 saturated carbocycles. The lowest BCUT2D eigenvalue weighted by molar-refractivity contribution is 0.297. The molecule has 2 aromatic carbocycles. The number of rotatable bonds is 4. The summed E-state index contributed by atoms with van der Waals surface area (Å²) in [6.07, 6.45) is 0. The van der Waals surface area contributed by atoms with Gasteiger partial charge in [-0.2, -0.15) is 0 Å². The van der Waals surface area contributed by atoms with Gasteiger partial charge in [0.1, 0.15) is 24.0 Å². The molecule has 0 aliphatic heterocycles. The van der Waals surface area contributed by atoms with E-state index in [1.54, 1.807) is 6.07 Å². The van der Waals surface area contributed by atoms with Crippen LogP contribution in [0.4, 0.5) is 8.78 Å². The van der Waals surface area contributed by atoms with Gasteiger partial charge in [0.05, 0.1) is 10.0 Å². The monoisotopic (exact) mass is 356 g/mol. The maximum Gasteiger partial charge on any atom is 0.173 e. The Balaban J connectivity index is 2.21. The molecule has 0 spiro atoms. The zero-order chi connectivity index (χ0) is 15.4. The van der Waals surface area contributed by atoms with E-state index in [0.717, 1.165) is 0 Å². The molecule has 0 radical (unpaired) electrons. The molecule has 3 N–H and O–H groups in total. The number of oxime groups is 1. The maximum atomic E-state index is 14.2. The number of amidine groups is 1. The fourth-order valence-corrected chi connectivity index (χ4v) is 2.16. The van der Waals surface area contributed by atoms with E-state index < -0.39 is 11.6 Å². The Hall–Kier alpha value is -2.15. The third-order valence-corrected chi connectivity index (χ3v) is 3.36. The minimum Gasteiger partial charge on any atom is -0.488 e. The second kappa shape index (κ2) is 6.53. The second-order valence-corrected chi connectivity index (χ2v) is 4.98. The topological polar surface area (TPSA) is 67.8 Å². The smallest absolute Gasteiger partial charge is 0.173 e. The number of hydrogen-bond donors (Lipinski definition) is 2. The van der Waals surface area contributed by atoms with E-state index in [1.807, 2.05) is 0 Å². The van der Waals surface area contributed by atoms with Crippen molar-refractivity contribution in [1.82, 2.24) is 0 Å². The van der Waals surface area contributed by atoms with Crippen LogP contribution in [0.25, 0.3) is 0 Å². The molecule has 21 heavy (non-hydrogen) atoms. The van der Waals surface area contributed by atoms with Gasteiger partial charge in [-0.1, -0.05) is 17.3 Å². The van der Waals surface area contributed by atoms with E-state index in [0.29, 0.717) is 10.2 Å². The zero-order valence-corrected chi connectivity index (χ0v) is 12.3. The summed E-state index contributed by atoms with van der Waals surface area (Å²) in [6.45, 7) is -0.0807. The number of nitrogens with zero attached hydrogens (tertiary/aromatic N) is 1. The van der Waals surface area contributed by atoms with Crippen LogP contribution in [0.3, 0.4) is 0 Å². The first-order valence-corrected chi connectivity index (χ1v) is 6.65. The van der Waals surface area contributed by atoms with Crippen molar-refractivity contribution in [2.24, 2.45) is 10.9 Å². The van der Waals surface area contributed by atoms with Crippen LogP contribution in [0.5, 0.6) is 5.75 Å². The number of hydrogen-bond acceptors (Lipinski definition) is 3. The predicted molar refractivity (Wildman–Crippen MR) is 77.3 cm³/mol. The minimum atomic E-state index is -0.633. The molecule has 0 aromatic heterocycles. The summed E-state index contributed by atoms with van der Waals surface area (Å²) in [4.78, 5) is 0. The summed E-state index contributed by atoms with van der Waals surface area (Å²) in [5.74, 6) is -0.984. The van der Waals surface area contributed by atoms with Gasteiger partial charge in [0.15, 0.2) is 5.84 Å². The Morgan fingerprint density at radius 1 is 1.29 bits per heavy atom. The number of ether oxygens (including phenoxy) is 1. The predicted octanol–water partition coefficient (Wildman–Crippen LogP) is 3.40. The quantitative estimate of drug-likeness (QED) is 0.381. The average Bonchev–Trinajstić information content (AvgIpc) is 2.47. The standard InChI is InChI=1S/C14H11BrF2N2O2/c15-11-6-9(16)4-5-12(11)21-7-8-2-1-3-10(13(8)17)14(18)19-20/h1-6,20H,7H2,(H2,18,19). The number of benzene rings is 2. The zero-order valence-electron chi connectivity index (χ0n) is 10.7. The van der Waals surface area contributed by atoms with Crippen LogP contribution < -0.4 is 10.5 Å². The summed E-state index contributed by atoms with van der Waals surface area (Å²) in [6, 6.07) is 8.39. The van der Waals surface area contributed by atoms with Gasteiger partial charge in [0.2, 0.25) is 0 Å². The van der Waals surface area contributed by atoms with E-state index in [4.69, 9.17) is 15.7 Å². The van der Waals surface area contributed by atoms with E-state index in [9.17, 15) is 8.78 Å². The molecule has 0 fully saturated rings. The van der Waals surface area contributed by atoms with E-state index in [2.05, 4.69) is 21.1 Å². The lowest BCUT2D eigenvalue weighted by Gasteiger charge is -2.10. The van der Waals surface area contributed by atoms with Gasteiger partial charge >= 0.3 is 0 Å². The summed E-state index contributed by atoms with van der Waals surface area (Å²) in [5.41, 5.74) is 5.60. The molecule has 110 valence electrons. The van der Waals surface area contributed by atoms with Crippen LogP contribution in [-0.4, -0.2) is 11.0 Å². The first-order valence-electron chi connectivity index (χ1n) is 5.86. The highest BCUT2D eigenvalue weighted by Gasteiger charge is 2.12. The van der Waals surface area contributed by atoms with Crippen molar-refractivity contribution in [2.75, 3.05) is 0 Å². The van der Waals surface area contributed by atoms with Crippen molar-refractivity contribution in [3.05, 3.63) is 63.6 Å². The van der Waals surface area contributed by atoms with Crippen molar-refractivity contribution < 1.29 is 18.7 Å². The van der Waals surface area contributed by atoms with E-state index in [-0.39, 0.29) is 23.6 Å². The Bertz CT molecular complexity index is 693. The molecule has 0 bridgehead atoms. The van der Waals surface area contributed by atoms with Crippen molar-refractivity contribution in [3.63, 3.8) is 0 Å². The van der Waals surface area contributed by atoms with Crippen LogP contribution in [-0.2, 0) is 6.61 Å². The second-order valence-electron chi connectivity index (χ2n) is 4.13. The highest BCUT2D eigenvalue weighted by molar-refractivity contribution is 9.10. The van der Waals surface area contributed by atoms with Crippen molar-refractivity contribution in [3.8, 4) is 5.75 Å². The summed E-state index contributed by atoms with van der Waals surface area (Å²) in [5, 5.41) is 11.4. The molecule has 0 saturated heterocycles. The Labute approximate surface area is 128 Å². The largest absolute Gasteiger partial charge is 0.488 e. The molecule has 2 aromatic rings. The van der Waals surface area contributed by atoms with Gasteiger partial charge in [-0.05, 0) is 40.2 Å². The molecule has 0 unspecified atom stereocenters. The molecule has 7 heteroatoms. The molecule has 0 aliphatic carbocycles. The van der Waals surface area contributed by atoms with E-state index in [1.165, 1.54) is 30.3 Å². The summed E-state index contributed by atoms with van der Waals surface area (Å²) >= 11 is 3.16. The fourth-order valence-electron chi connectivity index (χ4n) is 1.69. The SMILES string of the molecule is N/C(=N/O)c1cccc(COc2ccc(F)cc2Br)c1F. The van der Waals surface area contributed by atoms with Crippen molar-refractivity contribution in [1.29, 1.82) is 0 Å². The van der Waals surface area contributed by atoms with Crippen LogP contribution >= 0.6 is 15.9 Å². The highest BCUT2D eigenvalue weighted by atomic mass is 79.9. The molecule has 0 amide bonds. The Kier molecular flexibility index (Phi) is 4.74. The lowest BCUT2D eigenvalue weighted by Crippen LogP contribution is -2.16. The third kappa shape index (κ3) is 3.49. The molecular formula is C14H11BrF2N2O2. The highest BCUT2D eigenvalue weighted by Crippen LogP contribution is 2.26.